The lowest BCUT2D eigenvalue weighted by Gasteiger charge is -2.29. The molecule has 2 N–H and O–H groups in total. The van der Waals surface area contributed by atoms with Crippen LogP contribution in [0, 0.1) is 0 Å². The molecule has 2 rings (SSSR count). The van der Waals surface area contributed by atoms with E-state index in [1.165, 1.54) is 0 Å². The summed E-state index contributed by atoms with van der Waals surface area (Å²) >= 11 is 0. The first-order valence-electron chi connectivity index (χ1n) is 6.42. The molecule has 6 heteroatoms. The number of halogens is 1. The Morgan fingerprint density at radius 1 is 1.63 bits per heavy atom. The molecule has 1 aromatic heterocycles. The van der Waals surface area contributed by atoms with E-state index in [0.717, 1.165) is 12.1 Å². The number of carbonyl (C=O) groups excluding carboxylic acids is 1. The van der Waals surface area contributed by atoms with Crippen molar-refractivity contribution in [2.45, 2.75) is 32.9 Å². The number of carbonyl (C=O) groups is 1. The molecular weight excluding hydrogens is 247 g/mol. The number of hydrogen-bond acceptors (Lipinski definition) is 3. The monoisotopic (exact) mass is 266 g/mol. The minimum Gasteiger partial charge on any atom is -0.336 e. The first-order valence-corrected chi connectivity index (χ1v) is 6.42. The second kappa shape index (κ2) is 5.52. The maximum absolute atomic E-state index is 12.5. The van der Waals surface area contributed by atoms with Gasteiger partial charge < -0.3 is 10.6 Å². The lowest BCUT2D eigenvalue weighted by molar-refractivity contribution is 0.0688. The zero-order valence-electron chi connectivity index (χ0n) is 11.3. The van der Waals surface area contributed by atoms with Gasteiger partial charge in [0.1, 0.15) is 0 Å². The van der Waals surface area contributed by atoms with Crippen molar-refractivity contribution in [3.05, 3.63) is 29.4 Å². The zero-order valence-corrected chi connectivity index (χ0v) is 11.3. The molecule has 0 aromatic carbocycles. The lowest BCUT2D eigenvalue weighted by Crippen LogP contribution is -2.41. The van der Waals surface area contributed by atoms with Gasteiger partial charge in [-0.3, -0.25) is 9.48 Å². The lowest BCUT2D eigenvalue weighted by atomic mass is 10.1. The highest BCUT2D eigenvalue weighted by molar-refractivity contribution is 5.96. The van der Waals surface area contributed by atoms with Crippen LogP contribution in [0.3, 0.4) is 0 Å². The summed E-state index contributed by atoms with van der Waals surface area (Å²) in [6.45, 7) is 5.10. The maximum atomic E-state index is 12.5. The van der Waals surface area contributed by atoms with Crippen molar-refractivity contribution in [3.8, 4) is 0 Å². The van der Waals surface area contributed by atoms with Gasteiger partial charge in [-0.25, -0.2) is 4.39 Å². The molecule has 1 aromatic rings. The zero-order chi connectivity index (χ0) is 14.0. The number of nitrogens with zero attached hydrogens (tertiary/aromatic N) is 3. The van der Waals surface area contributed by atoms with E-state index in [9.17, 15) is 9.18 Å². The quantitative estimate of drug-likeness (QED) is 0.887. The smallest absolute Gasteiger partial charge is 0.257 e. The molecule has 1 aliphatic heterocycles. The van der Waals surface area contributed by atoms with Gasteiger partial charge in [-0.15, -0.1) is 0 Å². The Balaban J connectivity index is 2.22. The van der Waals surface area contributed by atoms with Gasteiger partial charge in [0.25, 0.3) is 5.91 Å². The third-order valence-corrected chi connectivity index (χ3v) is 3.32. The SMILES string of the molecule is CC(C)N1CCc2nn(C/C(=C/F)CN)cc2C1=O. The molecule has 0 saturated carbocycles. The average molecular weight is 266 g/mol. The van der Waals surface area contributed by atoms with Crippen LogP contribution in [0.1, 0.15) is 29.9 Å². The van der Waals surface area contributed by atoms with Gasteiger partial charge in [-0.1, -0.05) is 0 Å². The average Bonchev–Trinajstić information content (AvgIpc) is 2.79. The molecule has 0 radical (unpaired) electrons. The molecule has 1 aliphatic rings. The standard InChI is InChI=1S/C13H19FN4O/c1-9(2)18-4-3-12-11(13(18)19)8-17(16-12)7-10(5-14)6-15/h5,8-9H,3-4,6-7,15H2,1-2H3/b10-5+. The molecule has 19 heavy (non-hydrogen) atoms. The Morgan fingerprint density at radius 2 is 2.37 bits per heavy atom. The predicted octanol–water partition coefficient (Wildman–Crippen LogP) is 1.10. The first-order chi connectivity index (χ1) is 9.06. The van der Waals surface area contributed by atoms with Crippen LogP contribution in [0.4, 0.5) is 4.39 Å². The fourth-order valence-corrected chi connectivity index (χ4v) is 2.23. The van der Waals surface area contributed by atoms with Crippen LogP contribution in [0.5, 0.6) is 0 Å². The van der Waals surface area contributed by atoms with E-state index in [0.29, 0.717) is 24.0 Å². The third kappa shape index (κ3) is 2.68. The summed E-state index contributed by atoms with van der Waals surface area (Å²) in [5.41, 5.74) is 7.28. The summed E-state index contributed by atoms with van der Waals surface area (Å²) < 4.78 is 14.1. The molecule has 0 saturated heterocycles. The number of aromatic nitrogens is 2. The Hall–Kier alpha value is -1.69. The number of rotatable bonds is 4. The summed E-state index contributed by atoms with van der Waals surface area (Å²) in [6.07, 6.45) is 2.93. The normalized spacial score (nSPS) is 16.2. The van der Waals surface area contributed by atoms with E-state index in [4.69, 9.17) is 5.73 Å². The molecule has 0 bridgehead atoms. The second-order valence-corrected chi connectivity index (χ2v) is 5.00. The summed E-state index contributed by atoms with van der Waals surface area (Å²) in [7, 11) is 0. The van der Waals surface area contributed by atoms with E-state index in [-0.39, 0.29) is 25.0 Å². The van der Waals surface area contributed by atoms with Gasteiger partial charge in [-0.05, 0) is 19.4 Å². The van der Waals surface area contributed by atoms with Crippen LogP contribution in [-0.4, -0.2) is 39.7 Å². The molecule has 104 valence electrons. The van der Waals surface area contributed by atoms with Crippen LogP contribution < -0.4 is 5.73 Å². The largest absolute Gasteiger partial charge is 0.336 e. The number of hydrogen-bond donors (Lipinski definition) is 1. The maximum Gasteiger partial charge on any atom is 0.257 e. The van der Waals surface area contributed by atoms with Crippen LogP contribution in [-0.2, 0) is 13.0 Å². The second-order valence-electron chi connectivity index (χ2n) is 5.00. The highest BCUT2D eigenvalue weighted by atomic mass is 19.1. The number of fused-ring (bicyclic) bond motifs is 1. The van der Waals surface area contributed by atoms with Crippen LogP contribution in [0.25, 0.3) is 0 Å². The van der Waals surface area contributed by atoms with Crippen molar-refractivity contribution in [1.29, 1.82) is 0 Å². The molecule has 0 aliphatic carbocycles. The summed E-state index contributed by atoms with van der Waals surface area (Å²) in [6, 6.07) is 0.175. The van der Waals surface area contributed by atoms with Gasteiger partial charge in [0.2, 0.25) is 0 Å². The van der Waals surface area contributed by atoms with E-state index < -0.39 is 0 Å². The fraction of sp³-hybridized carbons (Fsp3) is 0.538. The highest BCUT2D eigenvalue weighted by Crippen LogP contribution is 2.19. The van der Waals surface area contributed by atoms with Crippen molar-refractivity contribution in [1.82, 2.24) is 14.7 Å². The van der Waals surface area contributed by atoms with Crippen molar-refractivity contribution in [3.63, 3.8) is 0 Å². The fourth-order valence-electron chi connectivity index (χ4n) is 2.23. The van der Waals surface area contributed by atoms with Gasteiger partial charge in [0.15, 0.2) is 0 Å². The summed E-state index contributed by atoms with van der Waals surface area (Å²) in [5.74, 6) is 0.000950. The highest BCUT2D eigenvalue weighted by Gasteiger charge is 2.28. The third-order valence-electron chi connectivity index (χ3n) is 3.32. The Labute approximate surface area is 111 Å². The summed E-state index contributed by atoms with van der Waals surface area (Å²) in [4.78, 5) is 14.1. The van der Waals surface area contributed by atoms with E-state index >= 15 is 0 Å². The number of nitrogens with two attached hydrogens (primary N) is 1. The van der Waals surface area contributed by atoms with Gasteiger partial charge in [0.05, 0.1) is 24.1 Å². The minimum atomic E-state index is 0.000950. The van der Waals surface area contributed by atoms with E-state index in [1.807, 2.05) is 18.7 Å². The Kier molecular flexibility index (Phi) is 3.99. The van der Waals surface area contributed by atoms with E-state index in [1.54, 1.807) is 10.9 Å². The van der Waals surface area contributed by atoms with Crippen molar-refractivity contribution in [2.24, 2.45) is 5.73 Å². The molecular formula is C13H19FN4O. The van der Waals surface area contributed by atoms with Crippen molar-refractivity contribution < 1.29 is 9.18 Å². The Bertz CT molecular complexity index is 507. The summed E-state index contributed by atoms with van der Waals surface area (Å²) in [5, 5.41) is 4.34. The van der Waals surface area contributed by atoms with Crippen molar-refractivity contribution in [2.75, 3.05) is 13.1 Å². The number of amides is 1. The molecule has 0 fully saturated rings. The van der Waals surface area contributed by atoms with Crippen molar-refractivity contribution >= 4 is 5.91 Å². The topological polar surface area (TPSA) is 64.2 Å². The van der Waals surface area contributed by atoms with Gasteiger partial charge in [-0.2, -0.15) is 5.10 Å². The Morgan fingerprint density at radius 3 is 2.95 bits per heavy atom. The van der Waals surface area contributed by atoms with E-state index in [2.05, 4.69) is 5.10 Å². The molecule has 2 heterocycles. The molecule has 5 nitrogen and oxygen atoms in total. The first kappa shape index (κ1) is 13.7. The molecule has 0 unspecified atom stereocenters. The minimum absolute atomic E-state index is 0.000950. The van der Waals surface area contributed by atoms with Gasteiger partial charge in [0, 0.05) is 31.7 Å². The molecule has 1 amide bonds. The predicted molar refractivity (Wildman–Crippen MR) is 70.3 cm³/mol. The van der Waals surface area contributed by atoms with Gasteiger partial charge >= 0.3 is 0 Å². The molecule has 0 atom stereocenters. The van der Waals surface area contributed by atoms with Crippen LogP contribution in [0.15, 0.2) is 18.1 Å². The van der Waals surface area contributed by atoms with Crippen LogP contribution >= 0.6 is 0 Å². The molecule has 0 spiro atoms. The van der Waals surface area contributed by atoms with Crippen LogP contribution in [0.2, 0.25) is 0 Å².